The van der Waals surface area contributed by atoms with Gasteiger partial charge in [0.1, 0.15) is 11.6 Å². The molecule has 7 heteroatoms. The lowest BCUT2D eigenvalue weighted by molar-refractivity contribution is -0.112. The summed E-state index contributed by atoms with van der Waals surface area (Å²) in [5.74, 6) is -0.911. The van der Waals surface area contributed by atoms with Crippen molar-refractivity contribution in [2.45, 2.75) is 20.8 Å². The van der Waals surface area contributed by atoms with E-state index in [2.05, 4.69) is 5.32 Å². The molecule has 3 aromatic rings. The van der Waals surface area contributed by atoms with Gasteiger partial charge in [0, 0.05) is 27.8 Å². The number of hydrogen-bond donors (Lipinski definition) is 1. The van der Waals surface area contributed by atoms with E-state index in [4.69, 9.17) is 16.3 Å². The average molecular weight is 448 g/mol. The molecule has 0 fully saturated rings. The molecule has 0 saturated heterocycles. The number of halogens is 1. The molecule has 0 aliphatic rings. The second-order valence-electron chi connectivity index (χ2n) is 7.28. The summed E-state index contributed by atoms with van der Waals surface area (Å²) < 4.78 is 6.73. The van der Waals surface area contributed by atoms with Crippen LogP contribution in [0, 0.1) is 32.1 Å². The number of nitriles is 1. The summed E-state index contributed by atoms with van der Waals surface area (Å²) in [6, 6.07) is 16.1. The van der Waals surface area contributed by atoms with Crippen LogP contribution in [0.5, 0.6) is 0 Å². The SMILES string of the molecule is COC(=O)c1ccc(-n2c(C)cc(/C=C(/C#N)C(=O)Nc3cc(Cl)ccc3C)c2C)cc1. The van der Waals surface area contributed by atoms with Gasteiger partial charge in [-0.05, 0) is 80.4 Å². The maximum absolute atomic E-state index is 12.7. The second kappa shape index (κ2) is 9.54. The number of methoxy groups -OCH3 is 1. The zero-order chi connectivity index (χ0) is 23.4. The molecule has 32 heavy (non-hydrogen) atoms. The van der Waals surface area contributed by atoms with E-state index >= 15 is 0 Å². The maximum atomic E-state index is 12.7. The Morgan fingerprint density at radius 1 is 1.09 bits per heavy atom. The van der Waals surface area contributed by atoms with Crippen molar-refractivity contribution >= 4 is 35.2 Å². The molecule has 0 bridgehead atoms. The zero-order valence-electron chi connectivity index (χ0n) is 18.2. The van der Waals surface area contributed by atoms with E-state index in [0.29, 0.717) is 16.3 Å². The topological polar surface area (TPSA) is 84.1 Å². The Morgan fingerprint density at radius 2 is 1.78 bits per heavy atom. The summed E-state index contributed by atoms with van der Waals surface area (Å²) in [4.78, 5) is 24.4. The molecule has 1 N–H and O–H groups in total. The number of amides is 1. The number of benzene rings is 2. The van der Waals surface area contributed by atoms with E-state index in [-0.39, 0.29) is 5.57 Å². The van der Waals surface area contributed by atoms with Crippen LogP contribution in [0.1, 0.15) is 32.9 Å². The van der Waals surface area contributed by atoms with Gasteiger partial charge in [0.15, 0.2) is 0 Å². The predicted molar refractivity (Wildman–Crippen MR) is 125 cm³/mol. The van der Waals surface area contributed by atoms with Gasteiger partial charge in [-0.2, -0.15) is 5.26 Å². The van der Waals surface area contributed by atoms with Crippen molar-refractivity contribution in [3.63, 3.8) is 0 Å². The highest BCUT2D eigenvalue weighted by Crippen LogP contribution is 2.25. The number of carbonyl (C=O) groups is 2. The minimum atomic E-state index is -0.509. The van der Waals surface area contributed by atoms with Crippen LogP contribution in [-0.2, 0) is 9.53 Å². The summed E-state index contributed by atoms with van der Waals surface area (Å²) in [6.45, 7) is 5.68. The Kier molecular flexibility index (Phi) is 6.82. The number of ether oxygens (including phenoxy) is 1. The molecule has 0 spiro atoms. The van der Waals surface area contributed by atoms with Gasteiger partial charge >= 0.3 is 5.97 Å². The molecule has 0 atom stereocenters. The van der Waals surface area contributed by atoms with Crippen LogP contribution >= 0.6 is 11.6 Å². The minimum Gasteiger partial charge on any atom is -0.465 e. The normalized spacial score (nSPS) is 11.1. The van der Waals surface area contributed by atoms with Gasteiger partial charge in [-0.25, -0.2) is 4.79 Å². The van der Waals surface area contributed by atoms with Crippen LogP contribution in [0.4, 0.5) is 5.69 Å². The van der Waals surface area contributed by atoms with Crippen molar-refractivity contribution in [2.75, 3.05) is 12.4 Å². The van der Waals surface area contributed by atoms with E-state index < -0.39 is 11.9 Å². The lowest BCUT2D eigenvalue weighted by Crippen LogP contribution is -2.14. The van der Waals surface area contributed by atoms with Crippen molar-refractivity contribution in [3.05, 3.63) is 87.2 Å². The predicted octanol–water partition coefficient (Wildman–Crippen LogP) is 5.39. The van der Waals surface area contributed by atoms with Gasteiger partial charge in [0.05, 0.1) is 12.7 Å². The first-order valence-electron chi connectivity index (χ1n) is 9.82. The molecule has 0 saturated carbocycles. The number of aryl methyl sites for hydroxylation is 2. The van der Waals surface area contributed by atoms with Crippen LogP contribution in [0.3, 0.4) is 0 Å². The van der Waals surface area contributed by atoms with E-state index in [1.54, 1.807) is 36.4 Å². The highest BCUT2D eigenvalue weighted by Gasteiger charge is 2.15. The van der Waals surface area contributed by atoms with Crippen LogP contribution in [0.25, 0.3) is 11.8 Å². The Labute approximate surface area is 191 Å². The number of hydrogen-bond acceptors (Lipinski definition) is 4. The first kappa shape index (κ1) is 22.9. The lowest BCUT2D eigenvalue weighted by Gasteiger charge is -2.10. The number of rotatable bonds is 5. The van der Waals surface area contributed by atoms with E-state index in [0.717, 1.165) is 28.2 Å². The molecule has 1 aromatic heterocycles. The third-order valence-electron chi connectivity index (χ3n) is 5.13. The fourth-order valence-corrected chi connectivity index (χ4v) is 3.59. The molecule has 6 nitrogen and oxygen atoms in total. The first-order valence-corrected chi connectivity index (χ1v) is 10.2. The fourth-order valence-electron chi connectivity index (χ4n) is 3.42. The number of nitrogens with zero attached hydrogens (tertiary/aromatic N) is 2. The largest absolute Gasteiger partial charge is 0.465 e. The Bertz CT molecular complexity index is 1260. The summed E-state index contributed by atoms with van der Waals surface area (Å²) in [5, 5.41) is 12.8. The van der Waals surface area contributed by atoms with Crippen LogP contribution < -0.4 is 5.32 Å². The molecular weight excluding hydrogens is 426 g/mol. The van der Waals surface area contributed by atoms with E-state index in [1.807, 2.05) is 49.6 Å². The lowest BCUT2D eigenvalue weighted by atomic mass is 10.1. The van der Waals surface area contributed by atoms with Gasteiger partial charge < -0.3 is 14.6 Å². The Balaban J connectivity index is 1.92. The number of esters is 1. The third kappa shape index (κ3) is 4.74. The van der Waals surface area contributed by atoms with Gasteiger partial charge in [0.25, 0.3) is 5.91 Å². The second-order valence-corrected chi connectivity index (χ2v) is 7.72. The first-order chi connectivity index (χ1) is 15.2. The molecule has 1 heterocycles. The van der Waals surface area contributed by atoms with E-state index in [9.17, 15) is 14.9 Å². The number of carbonyl (C=O) groups excluding carboxylic acids is 2. The molecule has 0 radical (unpaired) electrons. The highest BCUT2D eigenvalue weighted by atomic mass is 35.5. The standard InChI is InChI=1S/C25H22ClN3O3/c1-15-5-8-21(26)13-23(15)28-24(30)20(14-27)12-19-11-16(2)29(17(19)3)22-9-6-18(7-10-22)25(31)32-4/h5-13H,1-4H3,(H,28,30)/b20-12-. The Hall–Kier alpha value is -3.82. The number of nitrogens with one attached hydrogen (secondary N) is 1. The summed E-state index contributed by atoms with van der Waals surface area (Å²) in [5.41, 5.74) is 5.20. The molecule has 0 aliphatic carbocycles. The molecule has 2 aromatic carbocycles. The molecule has 0 aliphatic heterocycles. The monoisotopic (exact) mass is 447 g/mol. The van der Waals surface area contributed by atoms with Crippen LogP contribution in [0.15, 0.2) is 54.1 Å². The quantitative estimate of drug-likeness (QED) is 0.323. The summed E-state index contributed by atoms with van der Waals surface area (Å²) in [7, 11) is 1.34. The van der Waals surface area contributed by atoms with Crippen molar-refractivity contribution in [1.29, 1.82) is 5.26 Å². The van der Waals surface area contributed by atoms with Crippen molar-refractivity contribution in [1.82, 2.24) is 4.57 Å². The average Bonchev–Trinajstić information content (AvgIpc) is 3.06. The van der Waals surface area contributed by atoms with Crippen molar-refractivity contribution in [2.24, 2.45) is 0 Å². The van der Waals surface area contributed by atoms with Gasteiger partial charge in [0.2, 0.25) is 0 Å². The summed E-state index contributed by atoms with van der Waals surface area (Å²) >= 11 is 6.02. The van der Waals surface area contributed by atoms with Crippen molar-refractivity contribution < 1.29 is 14.3 Å². The van der Waals surface area contributed by atoms with Crippen molar-refractivity contribution in [3.8, 4) is 11.8 Å². The zero-order valence-corrected chi connectivity index (χ0v) is 18.9. The minimum absolute atomic E-state index is 0.0225. The molecule has 1 amide bonds. The van der Waals surface area contributed by atoms with Gasteiger partial charge in [-0.3, -0.25) is 4.79 Å². The molecular formula is C25H22ClN3O3. The van der Waals surface area contributed by atoms with Crippen LogP contribution in [-0.4, -0.2) is 23.6 Å². The highest BCUT2D eigenvalue weighted by molar-refractivity contribution is 6.31. The maximum Gasteiger partial charge on any atom is 0.337 e. The van der Waals surface area contributed by atoms with Gasteiger partial charge in [-0.1, -0.05) is 17.7 Å². The van der Waals surface area contributed by atoms with Crippen LogP contribution in [0.2, 0.25) is 5.02 Å². The number of aromatic nitrogens is 1. The summed E-state index contributed by atoms with van der Waals surface area (Å²) in [6.07, 6.45) is 1.57. The van der Waals surface area contributed by atoms with Gasteiger partial charge in [-0.15, -0.1) is 0 Å². The fraction of sp³-hybridized carbons (Fsp3) is 0.160. The Morgan fingerprint density at radius 3 is 2.41 bits per heavy atom. The van der Waals surface area contributed by atoms with E-state index in [1.165, 1.54) is 7.11 Å². The molecule has 3 rings (SSSR count). The third-order valence-corrected chi connectivity index (χ3v) is 5.36. The molecule has 0 unspecified atom stereocenters. The number of anilines is 1. The molecule has 162 valence electrons. The smallest absolute Gasteiger partial charge is 0.337 e.